The predicted molar refractivity (Wildman–Crippen MR) is 77.3 cm³/mol. The van der Waals surface area contributed by atoms with Crippen molar-refractivity contribution in [3.63, 3.8) is 0 Å². The van der Waals surface area contributed by atoms with Crippen LogP contribution >= 0.6 is 0 Å². The molecule has 0 aliphatic carbocycles. The van der Waals surface area contributed by atoms with Crippen molar-refractivity contribution >= 4 is 16.8 Å². The Morgan fingerprint density at radius 3 is 2.80 bits per heavy atom. The van der Waals surface area contributed by atoms with Gasteiger partial charge in [0.05, 0.1) is 5.52 Å². The maximum absolute atomic E-state index is 11.2. The summed E-state index contributed by atoms with van der Waals surface area (Å²) in [4.78, 5) is 19.8. The molecule has 0 saturated carbocycles. The molecule has 3 rings (SSSR count). The largest absolute Gasteiger partial charge is 0.366 e. The normalized spacial score (nSPS) is 10.6. The molecule has 0 fully saturated rings. The summed E-state index contributed by atoms with van der Waals surface area (Å²) in [6.07, 6.45) is 4.06. The third kappa shape index (κ3) is 2.49. The monoisotopic (exact) mass is 263 g/mol. The van der Waals surface area contributed by atoms with Crippen LogP contribution in [0.4, 0.5) is 0 Å². The van der Waals surface area contributed by atoms with Crippen LogP contribution in [0.25, 0.3) is 10.9 Å². The number of hydrogen-bond acceptors (Lipinski definition) is 3. The van der Waals surface area contributed by atoms with Gasteiger partial charge in [-0.25, -0.2) is 0 Å². The van der Waals surface area contributed by atoms with Crippen LogP contribution in [0, 0.1) is 0 Å². The number of fused-ring (bicyclic) bond motifs is 1. The van der Waals surface area contributed by atoms with E-state index in [1.165, 1.54) is 0 Å². The van der Waals surface area contributed by atoms with Crippen LogP contribution in [0.3, 0.4) is 0 Å². The van der Waals surface area contributed by atoms with E-state index in [9.17, 15) is 4.79 Å². The second kappa shape index (κ2) is 5.09. The fraction of sp³-hybridized carbons (Fsp3) is 0.0625. The molecule has 98 valence electrons. The van der Waals surface area contributed by atoms with E-state index in [0.29, 0.717) is 12.0 Å². The zero-order valence-electron chi connectivity index (χ0n) is 10.8. The number of rotatable bonds is 3. The third-order valence-corrected chi connectivity index (χ3v) is 3.13. The van der Waals surface area contributed by atoms with Crippen molar-refractivity contribution in [1.82, 2.24) is 9.97 Å². The molecule has 0 saturated heterocycles. The number of para-hydroxylation sites is 1. The summed E-state index contributed by atoms with van der Waals surface area (Å²) in [6, 6.07) is 13.4. The van der Waals surface area contributed by atoms with Gasteiger partial charge in [-0.05, 0) is 29.8 Å². The summed E-state index contributed by atoms with van der Waals surface area (Å²) in [5.74, 6) is -0.440. The number of hydrogen-bond donors (Lipinski definition) is 1. The van der Waals surface area contributed by atoms with Crippen LogP contribution in [0.15, 0.2) is 54.9 Å². The van der Waals surface area contributed by atoms with Gasteiger partial charge in [0.1, 0.15) is 0 Å². The zero-order valence-corrected chi connectivity index (χ0v) is 10.8. The number of carbonyl (C=O) groups excluding carboxylic acids is 1. The second-order valence-electron chi connectivity index (χ2n) is 4.61. The summed E-state index contributed by atoms with van der Waals surface area (Å²) in [7, 11) is 0. The van der Waals surface area contributed by atoms with E-state index < -0.39 is 5.91 Å². The van der Waals surface area contributed by atoms with Gasteiger partial charge in [0, 0.05) is 35.5 Å². The maximum atomic E-state index is 11.2. The van der Waals surface area contributed by atoms with E-state index in [0.717, 1.165) is 22.2 Å². The lowest BCUT2D eigenvalue weighted by atomic mass is 10.1. The van der Waals surface area contributed by atoms with E-state index in [1.807, 2.05) is 30.5 Å². The molecule has 0 bridgehead atoms. The molecule has 3 aromatic rings. The number of primary amides is 1. The molecule has 1 amide bonds. The highest BCUT2D eigenvalue weighted by atomic mass is 16.1. The highest BCUT2D eigenvalue weighted by molar-refractivity contribution is 5.92. The highest BCUT2D eigenvalue weighted by Crippen LogP contribution is 2.15. The Morgan fingerprint density at radius 2 is 1.95 bits per heavy atom. The van der Waals surface area contributed by atoms with Gasteiger partial charge in [0.25, 0.3) is 0 Å². The minimum atomic E-state index is -0.440. The average molecular weight is 263 g/mol. The number of nitrogens with two attached hydrogens (primary N) is 1. The van der Waals surface area contributed by atoms with Crippen molar-refractivity contribution in [2.24, 2.45) is 5.73 Å². The Kier molecular flexibility index (Phi) is 3.13. The van der Waals surface area contributed by atoms with Crippen LogP contribution in [0.1, 0.15) is 21.6 Å². The van der Waals surface area contributed by atoms with Crippen LogP contribution in [-0.2, 0) is 6.42 Å². The van der Waals surface area contributed by atoms with Crippen LogP contribution in [0.5, 0.6) is 0 Å². The van der Waals surface area contributed by atoms with Crippen molar-refractivity contribution in [1.29, 1.82) is 0 Å². The Bertz CT molecular complexity index is 783. The molecule has 0 aliphatic rings. The number of amides is 1. The van der Waals surface area contributed by atoms with Crippen LogP contribution in [-0.4, -0.2) is 15.9 Å². The van der Waals surface area contributed by atoms with Crippen molar-refractivity contribution in [2.45, 2.75) is 6.42 Å². The fourth-order valence-corrected chi connectivity index (χ4v) is 2.15. The smallest absolute Gasteiger partial charge is 0.248 e. The maximum Gasteiger partial charge on any atom is 0.248 e. The van der Waals surface area contributed by atoms with Crippen molar-refractivity contribution in [3.8, 4) is 0 Å². The first-order valence-corrected chi connectivity index (χ1v) is 6.31. The molecule has 0 spiro atoms. The van der Waals surface area contributed by atoms with Crippen LogP contribution < -0.4 is 5.73 Å². The topological polar surface area (TPSA) is 68.9 Å². The standard InChI is InChI=1S/C16H13N3O/c17-16(20)13-5-6-18-14(9-13)8-11-7-12-3-1-2-4-15(12)19-10-11/h1-7,9-10H,8H2,(H2,17,20). The number of pyridine rings is 2. The van der Waals surface area contributed by atoms with Gasteiger partial charge in [-0.15, -0.1) is 0 Å². The molecule has 0 unspecified atom stereocenters. The molecule has 0 aliphatic heterocycles. The molecular formula is C16H13N3O. The molecule has 4 nitrogen and oxygen atoms in total. The number of nitrogens with zero attached hydrogens (tertiary/aromatic N) is 2. The molecule has 2 N–H and O–H groups in total. The van der Waals surface area contributed by atoms with Crippen LogP contribution in [0.2, 0.25) is 0 Å². The lowest BCUT2D eigenvalue weighted by Crippen LogP contribution is -2.11. The van der Waals surface area contributed by atoms with Crippen molar-refractivity contribution in [2.75, 3.05) is 0 Å². The summed E-state index contributed by atoms with van der Waals surface area (Å²) in [5, 5.41) is 1.09. The molecule has 0 atom stereocenters. The van der Waals surface area contributed by atoms with Gasteiger partial charge in [-0.1, -0.05) is 18.2 Å². The summed E-state index contributed by atoms with van der Waals surface area (Å²) < 4.78 is 0. The zero-order chi connectivity index (χ0) is 13.9. The fourth-order valence-electron chi connectivity index (χ4n) is 2.15. The minimum absolute atomic E-state index is 0.440. The first-order valence-electron chi connectivity index (χ1n) is 6.31. The third-order valence-electron chi connectivity index (χ3n) is 3.13. The first-order chi connectivity index (χ1) is 9.72. The Labute approximate surface area is 116 Å². The molecule has 1 aromatic carbocycles. The lowest BCUT2D eigenvalue weighted by Gasteiger charge is -2.04. The SMILES string of the molecule is NC(=O)c1ccnc(Cc2cnc3ccccc3c2)c1. The van der Waals surface area contributed by atoms with E-state index in [2.05, 4.69) is 16.0 Å². The Morgan fingerprint density at radius 1 is 1.10 bits per heavy atom. The average Bonchev–Trinajstić information content (AvgIpc) is 2.47. The van der Waals surface area contributed by atoms with Gasteiger partial charge < -0.3 is 5.73 Å². The second-order valence-corrected chi connectivity index (χ2v) is 4.61. The van der Waals surface area contributed by atoms with Gasteiger partial charge >= 0.3 is 0 Å². The first kappa shape index (κ1) is 12.3. The molecule has 2 heterocycles. The summed E-state index contributed by atoms with van der Waals surface area (Å²) in [5.41, 5.74) is 8.57. The van der Waals surface area contributed by atoms with E-state index in [-0.39, 0.29) is 0 Å². The molecule has 2 aromatic heterocycles. The van der Waals surface area contributed by atoms with E-state index in [4.69, 9.17) is 5.73 Å². The van der Waals surface area contributed by atoms with Gasteiger partial charge in [-0.2, -0.15) is 0 Å². The van der Waals surface area contributed by atoms with Gasteiger partial charge in [0.15, 0.2) is 0 Å². The molecule has 4 heteroatoms. The predicted octanol–water partition coefficient (Wildman–Crippen LogP) is 2.32. The van der Waals surface area contributed by atoms with Crippen molar-refractivity contribution in [3.05, 3.63) is 71.7 Å². The Balaban J connectivity index is 1.92. The number of carbonyl (C=O) groups is 1. The minimum Gasteiger partial charge on any atom is -0.366 e. The summed E-state index contributed by atoms with van der Waals surface area (Å²) in [6.45, 7) is 0. The number of benzene rings is 1. The quantitative estimate of drug-likeness (QED) is 0.788. The molecular weight excluding hydrogens is 250 g/mol. The van der Waals surface area contributed by atoms with Gasteiger partial charge in [0.2, 0.25) is 5.91 Å². The highest BCUT2D eigenvalue weighted by Gasteiger charge is 2.04. The number of aromatic nitrogens is 2. The Hall–Kier alpha value is -2.75. The van der Waals surface area contributed by atoms with Gasteiger partial charge in [-0.3, -0.25) is 14.8 Å². The van der Waals surface area contributed by atoms with E-state index in [1.54, 1.807) is 18.3 Å². The molecule has 20 heavy (non-hydrogen) atoms. The lowest BCUT2D eigenvalue weighted by molar-refractivity contribution is 0.1000. The summed E-state index contributed by atoms with van der Waals surface area (Å²) >= 11 is 0. The molecule has 0 radical (unpaired) electrons. The van der Waals surface area contributed by atoms with E-state index >= 15 is 0 Å². The van der Waals surface area contributed by atoms with Crippen molar-refractivity contribution < 1.29 is 4.79 Å².